The molecule has 6 heteroatoms. The Bertz CT molecular complexity index is 925. The van der Waals surface area contributed by atoms with Crippen LogP contribution < -0.4 is 15.4 Å². The van der Waals surface area contributed by atoms with Crippen LogP contribution in [0.25, 0.3) is 0 Å². The molecule has 0 aliphatic carbocycles. The Hall–Kier alpha value is -3.67. The second-order valence-electron chi connectivity index (χ2n) is 5.89. The first-order valence-corrected chi connectivity index (χ1v) is 8.41. The zero-order valence-electron chi connectivity index (χ0n) is 14.8. The summed E-state index contributed by atoms with van der Waals surface area (Å²) >= 11 is 0. The molecule has 27 heavy (non-hydrogen) atoms. The van der Waals surface area contributed by atoms with E-state index in [9.17, 15) is 9.59 Å². The fourth-order valence-electron chi connectivity index (χ4n) is 2.36. The van der Waals surface area contributed by atoms with Crippen LogP contribution in [0.5, 0.6) is 5.75 Å². The van der Waals surface area contributed by atoms with E-state index in [0.717, 1.165) is 5.56 Å². The summed E-state index contributed by atoms with van der Waals surface area (Å²) in [6.07, 6.45) is 3.07. The van der Waals surface area contributed by atoms with Gasteiger partial charge in [0, 0.05) is 12.4 Å². The summed E-state index contributed by atoms with van der Waals surface area (Å²) in [7, 11) is 0. The molecule has 1 aromatic heterocycles. The van der Waals surface area contributed by atoms with E-state index < -0.39 is 0 Å². The molecule has 0 atom stereocenters. The molecule has 0 bridgehead atoms. The van der Waals surface area contributed by atoms with Gasteiger partial charge in [-0.15, -0.1) is 0 Å². The van der Waals surface area contributed by atoms with Crippen molar-refractivity contribution in [2.75, 3.05) is 17.2 Å². The first-order chi connectivity index (χ1) is 13.1. The molecular weight excluding hydrogens is 342 g/mol. The standard InChI is InChI=1S/C21H19N3O3/c1-15-8-10-17(11-9-15)27-14-20(25)23-18-6-2-3-7-19(18)24-21(26)16-5-4-12-22-13-16/h2-13H,14H2,1H3,(H,23,25)(H,24,26). The average molecular weight is 361 g/mol. The predicted octanol–water partition coefficient (Wildman–Crippen LogP) is 3.66. The molecule has 0 spiro atoms. The first-order valence-electron chi connectivity index (χ1n) is 8.41. The third-order valence-electron chi connectivity index (χ3n) is 3.76. The van der Waals surface area contributed by atoms with E-state index in [1.54, 1.807) is 42.6 Å². The van der Waals surface area contributed by atoms with Crippen LogP contribution in [0.2, 0.25) is 0 Å². The maximum atomic E-state index is 12.3. The van der Waals surface area contributed by atoms with Crippen LogP contribution in [0, 0.1) is 6.92 Å². The molecule has 3 rings (SSSR count). The number of anilines is 2. The normalized spacial score (nSPS) is 10.1. The Kier molecular flexibility index (Phi) is 5.79. The third kappa shape index (κ3) is 5.15. The highest BCUT2D eigenvalue weighted by Crippen LogP contribution is 2.22. The van der Waals surface area contributed by atoms with Gasteiger partial charge in [-0.25, -0.2) is 0 Å². The molecule has 0 saturated heterocycles. The lowest BCUT2D eigenvalue weighted by atomic mass is 10.2. The van der Waals surface area contributed by atoms with E-state index in [4.69, 9.17) is 4.74 Å². The van der Waals surface area contributed by atoms with Gasteiger partial charge in [-0.2, -0.15) is 0 Å². The Morgan fingerprint density at radius 1 is 0.926 bits per heavy atom. The third-order valence-corrected chi connectivity index (χ3v) is 3.76. The average Bonchev–Trinajstić information content (AvgIpc) is 2.70. The second kappa shape index (κ2) is 8.62. The number of hydrogen-bond acceptors (Lipinski definition) is 4. The van der Waals surface area contributed by atoms with Gasteiger partial charge >= 0.3 is 0 Å². The van der Waals surface area contributed by atoms with Gasteiger partial charge in [0.25, 0.3) is 11.8 Å². The molecule has 0 unspecified atom stereocenters. The number of aryl methyl sites for hydroxylation is 1. The molecule has 2 N–H and O–H groups in total. The quantitative estimate of drug-likeness (QED) is 0.702. The number of nitrogens with one attached hydrogen (secondary N) is 2. The topological polar surface area (TPSA) is 80.3 Å². The van der Waals surface area contributed by atoms with Gasteiger partial charge in [0.2, 0.25) is 0 Å². The van der Waals surface area contributed by atoms with E-state index in [-0.39, 0.29) is 18.4 Å². The number of rotatable bonds is 6. The van der Waals surface area contributed by atoms with Crippen molar-refractivity contribution in [2.24, 2.45) is 0 Å². The largest absolute Gasteiger partial charge is 0.484 e. The van der Waals surface area contributed by atoms with Crippen LogP contribution in [-0.4, -0.2) is 23.4 Å². The van der Waals surface area contributed by atoms with Gasteiger partial charge in [0.05, 0.1) is 16.9 Å². The monoisotopic (exact) mass is 361 g/mol. The lowest BCUT2D eigenvalue weighted by Crippen LogP contribution is -2.21. The number of benzene rings is 2. The van der Waals surface area contributed by atoms with Crippen molar-refractivity contribution in [2.45, 2.75) is 6.92 Å². The lowest BCUT2D eigenvalue weighted by Gasteiger charge is -2.13. The van der Waals surface area contributed by atoms with Crippen LogP contribution >= 0.6 is 0 Å². The highest BCUT2D eigenvalue weighted by Gasteiger charge is 2.11. The number of ether oxygens (including phenoxy) is 1. The van der Waals surface area contributed by atoms with Gasteiger partial charge in [-0.05, 0) is 43.3 Å². The highest BCUT2D eigenvalue weighted by atomic mass is 16.5. The summed E-state index contributed by atoms with van der Waals surface area (Å²) < 4.78 is 5.48. The minimum Gasteiger partial charge on any atom is -0.484 e. The maximum absolute atomic E-state index is 12.3. The van der Waals surface area contributed by atoms with Gasteiger partial charge < -0.3 is 15.4 Å². The van der Waals surface area contributed by atoms with Crippen LogP contribution in [0.1, 0.15) is 15.9 Å². The molecule has 0 radical (unpaired) electrons. The molecule has 6 nitrogen and oxygen atoms in total. The summed E-state index contributed by atoms with van der Waals surface area (Å²) in [6, 6.07) is 17.8. The number of amides is 2. The van der Waals surface area contributed by atoms with Crippen molar-refractivity contribution < 1.29 is 14.3 Å². The Balaban J connectivity index is 1.62. The summed E-state index contributed by atoms with van der Waals surface area (Å²) in [5.41, 5.74) is 2.54. The van der Waals surface area contributed by atoms with Crippen molar-refractivity contribution >= 4 is 23.2 Å². The molecule has 1 heterocycles. The van der Waals surface area contributed by atoms with E-state index in [0.29, 0.717) is 22.7 Å². The minimum absolute atomic E-state index is 0.131. The van der Waals surface area contributed by atoms with Gasteiger partial charge in [-0.3, -0.25) is 14.6 Å². The number of para-hydroxylation sites is 2. The molecule has 0 aliphatic heterocycles. The number of nitrogens with zero attached hydrogens (tertiary/aromatic N) is 1. The summed E-state index contributed by atoms with van der Waals surface area (Å²) in [5.74, 6) is -0.00623. The van der Waals surface area contributed by atoms with Crippen molar-refractivity contribution in [3.8, 4) is 5.75 Å². The number of carbonyl (C=O) groups is 2. The summed E-state index contributed by atoms with van der Waals surface area (Å²) in [6.45, 7) is 1.85. The van der Waals surface area contributed by atoms with Gasteiger partial charge in [0.1, 0.15) is 5.75 Å². The smallest absolute Gasteiger partial charge is 0.262 e. The fraction of sp³-hybridized carbons (Fsp3) is 0.0952. The Morgan fingerprint density at radius 3 is 2.30 bits per heavy atom. The van der Waals surface area contributed by atoms with Crippen molar-refractivity contribution in [1.29, 1.82) is 0 Å². The van der Waals surface area contributed by atoms with Gasteiger partial charge in [-0.1, -0.05) is 29.8 Å². The van der Waals surface area contributed by atoms with Crippen molar-refractivity contribution in [1.82, 2.24) is 4.98 Å². The first kappa shape index (κ1) is 18.1. The lowest BCUT2D eigenvalue weighted by molar-refractivity contribution is -0.118. The molecule has 0 saturated carbocycles. The van der Waals surface area contributed by atoms with Crippen LogP contribution in [-0.2, 0) is 4.79 Å². The highest BCUT2D eigenvalue weighted by molar-refractivity contribution is 6.07. The molecule has 2 aromatic carbocycles. The number of carbonyl (C=O) groups excluding carboxylic acids is 2. The van der Waals surface area contributed by atoms with Crippen LogP contribution in [0.3, 0.4) is 0 Å². The minimum atomic E-state index is -0.321. The van der Waals surface area contributed by atoms with Gasteiger partial charge in [0.15, 0.2) is 6.61 Å². The zero-order valence-corrected chi connectivity index (χ0v) is 14.8. The molecule has 2 amide bonds. The second-order valence-corrected chi connectivity index (χ2v) is 5.89. The predicted molar refractivity (Wildman–Crippen MR) is 104 cm³/mol. The van der Waals surface area contributed by atoms with Crippen LogP contribution in [0.4, 0.5) is 11.4 Å². The van der Waals surface area contributed by atoms with Crippen molar-refractivity contribution in [3.63, 3.8) is 0 Å². The molecule has 136 valence electrons. The molecule has 0 fully saturated rings. The van der Waals surface area contributed by atoms with E-state index >= 15 is 0 Å². The van der Waals surface area contributed by atoms with E-state index in [1.807, 2.05) is 31.2 Å². The number of hydrogen-bond donors (Lipinski definition) is 2. The fourth-order valence-corrected chi connectivity index (χ4v) is 2.36. The Morgan fingerprint density at radius 2 is 1.63 bits per heavy atom. The van der Waals surface area contributed by atoms with E-state index in [1.165, 1.54) is 6.20 Å². The Labute approximate surface area is 157 Å². The molecular formula is C21H19N3O3. The van der Waals surface area contributed by atoms with Crippen molar-refractivity contribution in [3.05, 3.63) is 84.2 Å². The number of aromatic nitrogens is 1. The summed E-state index contributed by atoms with van der Waals surface area (Å²) in [4.78, 5) is 28.4. The van der Waals surface area contributed by atoms with E-state index in [2.05, 4.69) is 15.6 Å². The van der Waals surface area contributed by atoms with Crippen LogP contribution in [0.15, 0.2) is 73.1 Å². The SMILES string of the molecule is Cc1ccc(OCC(=O)Nc2ccccc2NC(=O)c2cccnc2)cc1. The number of pyridine rings is 1. The zero-order chi connectivity index (χ0) is 19.1. The maximum Gasteiger partial charge on any atom is 0.262 e. The molecule has 3 aromatic rings. The molecule has 0 aliphatic rings. The summed E-state index contributed by atoms with van der Waals surface area (Å²) in [5, 5.41) is 5.53.